The Hall–Kier alpha value is -3.05. The molecule has 0 fully saturated rings. The Morgan fingerprint density at radius 2 is 1.86 bits per heavy atom. The Morgan fingerprint density at radius 1 is 1.14 bits per heavy atom. The molecule has 1 aromatic heterocycles. The highest BCUT2D eigenvalue weighted by molar-refractivity contribution is 7.98. The van der Waals surface area contributed by atoms with Gasteiger partial charge in [-0.15, -0.1) is 0 Å². The normalized spacial score (nSPS) is 14.5. The van der Waals surface area contributed by atoms with Crippen molar-refractivity contribution in [2.45, 2.75) is 51.2 Å². The molecule has 192 valence electrons. The van der Waals surface area contributed by atoms with E-state index in [1.54, 1.807) is 24.9 Å². The second-order valence-electron chi connectivity index (χ2n) is 8.50. The predicted octanol–water partition coefficient (Wildman–Crippen LogP) is 1.01. The number of aromatic amines is 1. The summed E-state index contributed by atoms with van der Waals surface area (Å²) in [5.74, 6) is -2.31. The molecule has 0 spiro atoms. The van der Waals surface area contributed by atoms with Crippen molar-refractivity contribution in [2.75, 3.05) is 18.6 Å². The largest absolute Gasteiger partial charge is 0.480 e. The molecule has 0 saturated heterocycles. The number of benzene rings is 1. The minimum absolute atomic E-state index is 0.0796. The summed E-state index contributed by atoms with van der Waals surface area (Å²) in [6, 6.07) is 4.64. The highest BCUT2D eigenvalue weighted by atomic mass is 32.2. The lowest BCUT2D eigenvalue weighted by Crippen LogP contribution is -2.56. The Balaban J connectivity index is 2.02. The quantitative estimate of drug-likeness (QED) is 0.223. The van der Waals surface area contributed by atoms with E-state index in [-0.39, 0.29) is 18.9 Å². The molecule has 4 atom stereocenters. The van der Waals surface area contributed by atoms with Gasteiger partial charge in [0.05, 0.1) is 12.6 Å². The van der Waals surface area contributed by atoms with Gasteiger partial charge in [0.15, 0.2) is 0 Å². The molecule has 0 aliphatic carbocycles. The molecule has 4 unspecified atom stereocenters. The summed E-state index contributed by atoms with van der Waals surface area (Å²) in [7, 11) is 0. The van der Waals surface area contributed by atoms with Gasteiger partial charge in [-0.25, -0.2) is 4.79 Å². The van der Waals surface area contributed by atoms with Crippen LogP contribution in [0.5, 0.6) is 0 Å². The molecule has 11 heteroatoms. The maximum atomic E-state index is 13.0. The van der Waals surface area contributed by atoms with Gasteiger partial charge in [0.1, 0.15) is 12.1 Å². The molecule has 7 N–H and O–H groups in total. The highest BCUT2D eigenvalue weighted by Gasteiger charge is 2.30. The standard InChI is InChI=1S/C24H35N5O5S/c1-4-14(2)21(29-20(30)13-27-22(31)17(25)9-10-35-3)23(32)28-19(24(33)34)11-15-12-26-18-8-6-5-7-16(15)18/h5-8,12,14,17,19,21,26H,4,9-11,13,25H2,1-3H3,(H,27,31)(H,28,32)(H,29,30)(H,33,34). The van der Waals surface area contributed by atoms with E-state index in [0.717, 1.165) is 22.2 Å². The van der Waals surface area contributed by atoms with Crippen molar-refractivity contribution in [3.8, 4) is 0 Å². The number of carboxylic acid groups (broad SMARTS) is 1. The fourth-order valence-electron chi connectivity index (χ4n) is 3.58. The Kier molecular flexibility index (Phi) is 11.1. The first-order valence-corrected chi connectivity index (χ1v) is 13.0. The Morgan fingerprint density at radius 3 is 2.51 bits per heavy atom. The third kappa shape index (κ3) is 8.29. The van der Waals surface area contributed by atoms with E-state index in [9.17, 15) is 24.3 Å². The van der Waals surface area contributed by atoms with Crippen LogP contribution >= 0.6 is 11.8 Å². The molecule has 2 aromatic rings. The van der Waals surface area contributed by atoms with Crippen LogP contribution in [0.15, 0.2) is 30.5 Å². The van der Waals surface area contributed by atoms with Crippen LogP contribution in [0.1, 0.15) is 32.3 Å². The fraction of sp³-hybridized carbons (Fsp3) is 0.500. The smallest absolute Gasteiger partial charge is 0.326 e. The first-order chi connectivity index (χ1) is 16.7. The van der Waals surface area contributed by atoms with Gasteiger partial charge in [-0.2, -0.15) is 11.8 Å². The van der Waals surface area contributed by atoms with Crippen LogP contribution in [0, 0.1) is 5.92 Å². The zero-order valence-corrected chi connectivity index (χ0v) is 21.1. The van der Waals surface area contributed by atoms with Crippen molar-refractivity contribution >= 4 is 46.4 Å². The molecule has 1 aromatic carbocycles. The van der Waals surface area contributed by atoms with Gasteiger partial charge in [-0.1, -0.05) is 38.5 Å². The van der Waals surface area contributed by atoms with Crippen molar-refractivity contribution < 1.29 is 24.3 Å². The zero-order valence-electron chi connectivity index (χ0n) is 20.3. The molecule has 1 heterocycles. The summed E-state index contributed by atoms with van der Waals surface area (Å²) >= 11 is 1.57. The fourth-order valence-corrected chi connectivity index (χ4v) is 4.07. The maximum absolute atomic E-state index is 13.0. The molecule has 0 radical (unpaired) electrons. The van der Waals surface area contributed by atoms with Crippen LogP contribution < -0.4 is 21.7 Å². The number of nitrogens with one attached hydrogen (secondary N) is 4. The first-order valence-electron chi connectivity index (χ1n) is 11.6. The zero-order chi connectivity index (χ0) is 26.0. The molecule has 0 bridgehead atoms. The van der Waals surface area contributed by atoms with Crippen molar-refractivity contribution in [2.24, 2.45) is 11.7 Å². The third-order valence-corrected chi connectivity index (χ3v) is 6.56. The van der Waals surface area contributed by atoms with Gasteiger partial charge in [-0.05, 0) is 36.0 Å². The Bertz CT molecular complexity index is 1030. The molecule has 35 heavy (non-hydrogen) atoms. The number of hydrogen-bond acceptors (Lipinski definition) is 6. The minimum Gasteiger partial charge on any atom is -0.480 e. The number of thioether (sulfide) groups is 1. The Labute approximate surface area is 209 Å². The van der Waals surface area contributed by atoms with Crippen LogP contribution in [0.2, 0.25) is 0 Å². The van der Waals surface area contributed by atoms with E-state index in [2.05, 4.69) is 20.9 Å². The number of hydrogen-bond donors (Lipinski definition) is 6. The molecule has 3 amide bonds. The molecule has 10 nitrogen and oxygen atoms in total. The number of rotatable bonds is 14. The van der Waals surface area contributed by atoms with Crippen molar-refractivity contribution in [1.29, 1.82) is 0 Å². The molecule has 0 aliphatic rings. The maximum Gasteiger partial charge on any atom is 0.326 e. The molecule has 2 rings (SSSR count). The number of carbonyl (C=O) groups excluding carboxylic acids is 3. The van der Waals surface area contributed by atoms with Crippen LogP contribution in [0.25, 0.3) is 10.9 Å². The lowest BCUT2D eigenvalue weighted by molar-refractivity contribution is -0.142. The summed E-state index contributed by atoms with van der Waals surface area (Å²) in [5, 5.41) is 18.3. The van der Waals surface area contributed by atoms with E-state index < -0.39 is 41.8 Å². The summed E-state index contributed by atoms with van der Waals surface area (Å²) in [5.41, 5.74) is 7.44. The van der Waals surface area contributed by atoms with Gasteiger partial charge in [0.2, 0.25) is 17.7 Å². The summed E-state index contributed by atoms with van der Waals surface area (Å²) in [6.07, 6.45) is 4.78. The molecule has 0 aliphatic heterocycles. The summed E-state index contributed by atoms with van der Waals surface area (Å²) in [4.78, 5) is 52.6. The number of carbonyl (C=O) groups is 4. The van der Waals surface area contributed by atoms with E-state index in [4.69, 9.17) is 5.73 Å². The highest BCUT2D eigenvalue weighted by Crippen LogP contribution is 2.19. The third-order valence-electron chi connectivity index (χ3n) is 5.92. The van der Waals surface area contributed by atoms with E-state index in [1.807, 2.05) is 37.4 Å². The second kappa shape index (κ2) is 13.7. The van der Waals surface area contributed by atoms with Crippen molar-refractivity contribution in [1.82, 2.24) is 20.9 Å². The molecule has 0 saturated carbocycles. The minimum atomic E-state index is -1.18. The van der Waals surface area contributed by atoms with E-state index in [0.29, 0.717) is 12.8 Å². The number of amides is 3. The van der Waals surface area contributed by atoms with E-state index in [1.165, 1.54) is 0 Å². The van der Waals surface area contributed by atoms with Crippen molar-refractivity contribution in [3.05, 3.63) is 36.0 Å². The monoisotopic (exact) mass is 505 g/mol. The van der Waals surface area contributed by atoms with Gasteiger partial charge >= 0.3 is 5.97 Å². The van der Waals surface area contributed by atoms with Crippen LogP contribution in [0.3, 0.4) is 0 Å². The number of nitrogens with two attached hydrogens (primary N) is 1. The second-order valence-corrected chi connectivity index (χ2v) is 9.49. The van der Waals surface area contributed by atoms with Gasteiger partial charge in [0.25, 0.3) is 0 Å². The molecular formula is C24H35N5O5S. The van der Waals surface area contributed by atoms with Crippen LogP contribution in [0.4, 0.5) is 0 Å². The average Bonchev–Trinajstić information content (AvgIpc) is 3.25. The lowest BCUT2D eigenvalue weighted by atomic mass is 9.97. The van der Waals surface area contributed by atoms with E-state index >= 15 is 0 Å². The number of fused-ring (bicyclic) bond motifs is 1. The number of aromatic nitrogens is 1. The summed E-state index contributed by atoms with van der Waals surface area (Å²) < 4.78 is 0. The molecular weight excluding hydrogens is 470 g/mol. The topological polar surface area (TPSA) is 166 Å². The first kappa shape index (κ1) is 28.2. The number of carboxylic acids is 1. The van der Waals surface area contributed by atoms with Gasteiger partial charge in [-0.3, -0.25) is 14.4 Å². The SMILES string of the molecule is CCC(C)C(NC(=O)CNC(=O)C(N)CCSC)C(=O)NC(Cc1c[nH]c2ccccc12)C(=O)O. The number of para-hydroxylation sites is 1. The lowest BCUT2D eigenvalue weighted by Gasteiger charge is -2.25. The average molecular weight is 506 g/mol. The van der Waals surface area contributed by atoms with Gasteiger partial charge in [0, 0.05) is 23.5 Å². The predicted molar refractivity (Wildman–Crippen MR) is 137 cm³/mol. The number of H-pyrrole nitrogens is 1. The van der Waals surface area contributed by atoms with Crippen molar-refractivity contribution in [3.63, 3.8) is 0 Å². The number of aliphatic carboxylic acids is 1. The van der Waals surface area contributed by atoms with Crippen LogP contribution in [-0.4, -0.2) is 70.5 Å². The summed E-state index contributed by atoms with van der Waals surface area (Å²) in [6.45, 7) is 3.32. The van der Waals surface area contributed by atoms with Crippen LogP contribution in [-0.2, 0) is 25.6 Å². The van der Waals surface area contributed by atoms with Gasteiger partial charge < -0.3 is 31.8 Å².